The predicted molar refractivity (Wildman–Crippen MR) is 69.0 cm³/mol. The van der Waals surface area contributed by atoms with Gasteiger partial charge >= 0.3 is 0 Å². The van der Waals surface area contributed by atoms with Crippen LogP contribution in [-0.2, 0) is 17.8 Å². The zero-order chi connectivity index (χ0) is 12.1. The minimum Gasteiger partial charge on any atom is -0.392 e. The third kappa shape index (κ3) is 3.15. The first-order valence-electron chi connectivity index (χ1n) is 5.30. The number of aliphatic hydroxyl groups excluding tert-OH is 1. The van der Waals surface area contributed by atoms with Gasteiger partial charge in [-0.3, -0.25) is 4.79 Å². The highest BCUT2D eigenvalue weighted by Gasteiger charge is 2.07. The average Bonchev–Trinajstić information content (AvgIpc) is 2.82. The van der Waals surface area contributed by atoms with Crippen molar-refractivity contribution in [2.75, 3.05) is 5.32 Å². The number of carbonyl (C=O) groups is 1. The van der Waals surface area contributed by atoms with E-state index in [9.17, 15) is 4.79 Å². The number of hydrogen-bond acceptors (Lipinski definition) is 3. The van der Waals surface area contributed by atoms with Crippen LogP contribution in [-0.4, -0.2) is 11.0 Å². The summed E-state index contributed by atoms with van der Waals surface area (Å²) < 4.78 is 0. The van der Waals surface area contributed by atoms with Gasteiger partial charge < -0.3 is 10.4 Å². The number of thiophene rings is 1. The molecule has 0 aliphatic heterocycles. The molecule has 0 saturated heterocycles. The van der Waals surface area contributed by atoms with E-state index in [1.807, 2.05) is 29.6 Å². The Labute approximate surface area is 104 Å². The maximum Gasteiger partial charge on any atom is 0.229 e. The van der Waals surface area contributed by atoms with E-state index in [1.165, 1.54) is 0 Å². The zero-order valence-corrected chi connectivity index (χ0v) is 10.0. The molecule has 0 saturated carbocycles. The van der Waals surface area contributed by atoms with Crippen molar-refractivity contribution in [2.24, 2.45) is 0 Å². The van der Waals surface area contributed by atoms with Crippen LogP contribution in [0.4, 0.5) is 5.69 Å². The number of anilines is 1. The van der Waals surface area contributed by atoms with E-state index in [0.29, 0.717) is 12.1 Å². The SMILES string of the molecule is O=C(Cc1cccs1)Nc1ccccc1CO. The number of benzene rings is 1. The van der Waals surface area contributed by atoms with Gasteiger partial charge in [-0.2, -0.15) is 0 Å². The summed E-state index contributed by atoms with van der Waals surface area (Å²) in [5.41, 5.74) is 1.41. The molecule has 0 bridgehead atoms. The van der Waals surface area contributed by atoms with E-state index in [4.69, 9.17) is 5.11 Å². The minimum atomic E-state index is -0.0740. The van der Waals surface area contributed by atoms with Gasteiger partial charge in [-0.05, 0) is 17.5 Å². The standard InChI is InChI=1S/C13H13NO2S/c15-9-10-4-1-2-6-12(10)14-13(16)8-11-5-3-7-17-11/h1-7,15H,8-9H2,(H,14,16). The van der Waals surface area contributed by atoms with E-state index in [0.717, 1.165) is 10.4 Å². The third-order valence-electron chi connectivity index (χ3n) is 2.38. The van der Waals surface area contributed by atoms with E-state index in [-0.39, 0.29) is 12.5 Å². The van der Waals surface area contributed by atoms with Gasteiger partial charge in [-0.1, -0.05) is 24.3 Å². The fraction of sp³-hybridized carbons (Fsp3) is 0.154. The lowest BCUT2D eigenvalue weighted by molar-refractivity contribution is -0.115. The highest BCUT2D eigenvalue weighted by Crippen LogP contribution is 2.16. The first-order valence-corrected chi connectivity index (χ1v) is 6.18. The molecule has 4 heteroatoms. The van der Waals surface area contributed by atoms with Crippen molar-refractivity contribution in [1.29, 1.82) is 0 Å². The lowest BCUT2D eigenvalue weighted by atomic mass is 10.2. The van der Waals surface area contributed by atoms with Gasteiger partial charge in [0.1, 0.15) is 0 Å². The second-order valence-corrected chi connectivity index (χ2v) is 4.65. The maximum absolute atomic E-state index is 11.8. The number of nitrogens with one attached hydrogen (secondary N) is 1. The Bertz CT molecular complexity index is 494. The summed E-state index contributed by atoms with van der Waals surface area (Å²) in [6.45, 7) is -0.0740. The lowest BCUT2D eigenvalue weighted by Crippen LogP contribution is -2.14. The molecule has 1 heterocycles. The fourth-order valence-electron chi connectivity index (χ4n) is 1.55. The van der Waals surface area contributed by atoms with Crippen LogP contribution in [0.1, 0.15) is 10.4 Å². The van der Waals surface area contributed by atoms with Gasteiger partial charge in [0.05, 0.1) is 13.0 Å². The number of aliphatic hydroxyl groups is 1. The summed E-state index contributed by atoms with van der Waals surface area (Å²) in [5, 5.41) is 13.9. The van der Waals surface area contributed by atoms with E-state index >= 15 is 0 Å². The van der Waals surface area contributed by atoms with Crippen molar-refractivity contribution in [1.82, 2.24) is 0 Å². The first kappa shape index (κ1) is 11.8. The molecule has 3 nitrogen and oxygen atoms in total. The molecule has 0 atom stereocenters. The van der Waals surface area contributed by atoms with Crippen molar-refractivity contribution < 1.29 is 9.90 Å². The molecule has 0 unspecified atom stereocenters. The molecule has 0 radical (unpaired) electrons. The molecule has 1 aromatic heterocycles. The maximum atomic E-state index is 11.8. The molecule has 2 N–H and O–H groups in total. The van der Waals surface area contributed by atoms with Crippen molar-refractivity contribution in [3.05, 3.63) is 52.2 Å². The highest BCUT2D eigenvalue weighted by molar-refractivity contribution is 7.10. The quantitative estimate of drug-likeness (QED) is 0.871. The van der Waals surface area contributed by atoms with Gasteiger partial charge in [0.25, 0.3) is 0 Å². The first-order chi connectivity index (χ1) is 8.29. The monoisotopic (exact) mass is 247 g/mol. The van der Waals surface area contributed by atoms with Crippen LogP contribution in [0.25, 0.3) is 0 Å². The molecule has 1 aromatic carbocycles. The number of para-hydroxylation sites is 1. The summed E-state index contributed by atoms with van der Waals surface area (Å²) in [6.07, 6.45) is 0.372. The lowest BCUT2D eigenvalue weighted by Gasteiger charge is -2.08. The van der Waals surface area contributed by atoms with Crippen molar-refractivity contribution in [3.8, 4) is 0 Å². The van der Waals surface area contributed by atoms with Gasteiger partial charge in [0.2, 0.25) is 5.91 Å². The summed E-state index contributed by atoms with van der Waals surface area (Å²) in [5.74, 6) is -0.0617. The molecule has 2 rings (SSSR count). The molecule has 88 valence electrons. The summed E-state index contributed by atoms with van der Waals surface area (Å²) >= 11 is 1.56. The molecular weight excluding hydrogens is 234 g/mol. The number of carbonyl (C=O) groups excluding carboxylic acids is 1. The normalized spacial score (nSPS) is 10.2. The molecule has 1 amide bonds. The van der Waals surface area contributed by atoms with Gasteiger partial charge in [0, 0.05) is 16.1 Å². The molecule has 2 aromatic rings. The van der Waals surface area contributed by atoms with E-state index < -0.39 is 0 Å². The second kappa shape index (κ2) is 5.61. The summed E-state index contributed by atoms with van der Waals surface area (Å²) in [6, 6.07) is 11.1. The Hall–Kier alpha value is -1.65. The van der Waals surface area contributed by atoms with Gasteiger partial charge in [0.15, 0.2) is 0 Å². The Kier molecular flexibility index (Phi) is 3.90. The largest absolute Gasteiger partial charge is 0.392 e. The third-order valence-corrected chi connectivity index (χ3v) is 3.25. The number of amides is 1. The highest BCUT2D eigenvalue weighted by atomic mass is 32.1. The van der Waals surface area contributed by atoms with Gasteiger partial charge in [-0.25, -0.2) is 0 Å². The molecule has 0 aliphatic rings. The Balaban J connectivity index is 2.03. The second-order valence-electron chi connectivity index (χ2n) is 3.62. The number of hydrogen-bond donors (Lipinski definition) is 2. The van der Waals surface area contributed by atoms with Crippen molar-refractivity contribution >= 4 is 22.9 Å². The van der Waals surface area contributed by atoms with Crippen LogP contribution < -0.4 is 5.32 Å². The zero-order valence-electron chi connectivity index (χ0n) is 9.22. The number of rotatable bonds is 4. The Morgan fingerprint density at radius 3 is 2.76 bits per heavy atom. The smallest absolute Gasteiger partial charge is 0.229 e. The van der Waals surface area contributed by atoms with Gasteiger partial charge in [-0.15, -0.1) is 11.3 Å². The molecule has 17 heavy (non-hydrogen) atoms. The van der Waals surface area contributed by atoms with Crippen LogP contribution in [0.2, 0.25) is 0 Å². The van der Waals surface area contributed by atoms with Crippen LogP contribution >= 0.6 is 11.3 Å². The Morgan fingerprint density at radius 2 is 2.06 bits per heavy atom. The summed E-state index contributed by atoms with van der Waals surface area (Å²) in [4.78, 5) is 12.8. The Morgan fingerprint density at radius 1 is 1.24 bits per heavy atom. The summed E-state index contributed by atoms with van der Waals surface area (Å²) in [7, 11) is 0. The van der Waals surface area contributed by atoms with Crippen LogP contribution in [0.3, 0.4) is 0 Å². The van der Waals surface area contributed by atoms with Crippen molar-refractivity contribution in [2.45, 2.75) is 13.0 Å². The average molecular weight is 247 g/mol. The van der Waals surface area contributed by atoms with E-state index in [2.05, 4.69) is 5.32 Å². The topological polar surface area (TPSA) is 49.3 Å². The minimum absolute atomic E-state index is 0.0617. The molecular formula is C13H13NO2S. The van der Waals surface area contributed by atoms with Crippen LogP contribution in [0.5, 0.6) is 0 Å². The fourth-order valence-corrected chi connectivity index (χ4v) is 2.25. The van der Waals surface area contributed by atoms with Crippen molar-refractivity contribution in [3.63, 3.8) is 0 Å². The predicted octanol–water partition coefficient (Wildman–Crippen LogP) is 2.42. The van der Waals surface area contributed by atoms with E-state index in [1.54, 1.807) is 23.5 Å². The van der Waals surface area contributed by atoms with Crippen LogP contribution in [0, 0.1) is 0 Å². The molecule has 0 fully saturated rings. The molecule has 0 spiro atoms. The molecule has 0 aliphatic carbocycles. The van der Waals surface area contributed by atoms with Crippen LogP contribution in [0.15, 0.2) is 41.8 Å².